The molecule has 1 atom stereocenters. The number of carbonyl (C=O) groups is 2. The molecule has 1 aromatic carbocycles. The fourth-order valence-electron chi connectivity index (χ4n) is 1.60. The van der Waals surface area contributed by atoms with Crippen LogP contribution in [0.15, 0.2) is 22.7 Å². The SMILES string of the molecule is COCCCNC(=O)C(C)Oc1c(Br)cccc1C(=O)O. The Morgan fingerprint density at radius 1 is 1.43 bits per heavy atom. The van der Waals surface area contributed by atoms with Crippen LogP contribution in [0.3, 0.4) is 0 Å². The number of hydrogen-bond donors (Lipinski definition) is 2. The molecular weight excluding hydrogens is 342 g/mol. The lowest BCUT2D eigenvalue weighted by atomic mass is 10.2. The topological polar surface area (TPSA) is 84.9 Å². The van der Waals surface area contributed by atoms with Crippen molar-refractivity contribution in [3.05, 3.63) is 28.2 Å². The molecule has 0 aliphatic carbocycles. The first-order chi connectivity index (χ1) is 9.97. The van der Waals surface area contributed by atoms with Crippen LogP contribution < -0.4 is 10.1 Å². The number of carbonyl (C=O) groups excluding carboxylic acids is 1. The molecule has 0 aliphatic heterocycles. The van der Waals surface area contributed by atoms with Crippen LogP contribution in [0, 0.1) is 0 Å². The Hall–Kier alpha value is -1.60. The van der Waals surface area contributed by atoms with E-state index in [-0.39, 0.29) is 17.2 Å². The van der Waals surface area contributed by atoms with Gasteiger partial charge in [0.2, 0.25) is 0 Å². The average molecular weight is 360 g/mol. The second-order valence-electron chi connectivity index (χ2n) is 4.32. The number of aromatic carboxylic acids is 1. The van der Waals surface area contributed by atoms with Gasteiger partial charge in [-0.05, 0) is 41.4 Å². The first-order valence-electron chi connectivity index (χ1n) is 6.42. The normalized spacial score (nSPS) is 11.8. The van der Waals surface area contributed by atoms with Crippen LogP contribution in [0.25, 0.3) is 0 Å². The smallest absolute Gasteiger partial charge is 0.339 e. The number of rotatable bonds is 8. The minimum Gasteiger partial charge on any atom is -0.479 e. The molecular formula is C14H18BrNO5. The summed E-state index contributed by atoms with van der Waals surface area (Å²) in [5, 5.41) is 11.8. The standard InChI is InChI=1S/C14H18BrNO5/c1-9(13(17)16-7-4-8-20-2)21-12-10(14(18)19)5-3-6-11(12)15/h3,5-6,9H,4,7-8H2,1-2H3,(H,16,17)(H,18,19). The summed E-state index contributed by atoms with van der Waals surface area (Å²) in [4.78, 5) is 23.0. The zero-order chi connectivity index (χ0) is 15.8. The van der Waals surface area contributed by atoms with E-state index in [1.165, 1.54) is 6.07 Å². The van der Waals surface area contributed by atoms with Crippen molar-refractivity contribution >= 4 is 27.8 Å². The number of ether oxygens (including phenoxy) is 2. The van der Waals surface area contributed by atoms with Crippen LogP contribution in [0.1, 0.15) is 23.7 Å². The molecule has 1 rings (SSSR count). The minimum absolute atomic E-state index is 0.00316. The lowest BCUT2D eigenvalue weighted by molar-refractivity contribution is -0.127. The first-order valence-corrected chi connectivity index (χ1v) is 7.21. The lowest BCUT2D eigenvalue weighted by Gasteiger charge is -2.17. The molecule has 0 saturated heterocycles. The van der Waals surface area contributed by atoms with Gasteiger partial charge in [-0.15, -0.1) is 0 Å². The minimum atomic E-state index is -1.11. The van der Waals surface area contributed by atoms with Gasteiger partial charge >= 0.3 is 5.97 Å². The third-order valence-electron chi connectivity index (χ3n) is 2.69. The summed E-state index contributed by atoms with van der Waals surface area (Å²) in [5.74, 6) is -1.28. The van der Waals surface area contributed by atoms with Crippen molar-refractivity contribution in [2.75, 3.05) is 20.3 Å². The molecule has 0 radical (unpaired) electrons. The van der Waals surface area contributed by atoms with E-state index < -0.39 is 12.1 Å². The van der Waals surface area contributed by atoms with Gasteiger partial charge in [-0.3, -0.25) is 4.79 Å². The molecule has 7 heteroatoms. The summed E-state index contributed by atoms with van der Waals surface area (Å²) < 4.78 is 10.9. The van der Waals surface area contributed by atoms with E-state index >= 15 is 0 Å². The van der Waals surface area contributed by atoms with Gasteiger partial charge in [-0.1, -0.05) is 6.07 Å². The number of halogens is 1. The second-order valence-corrected chi connectivity index (χ2v) is 5.17. The van der Waals surface area contributed by atoms with Gasteiger partial charge in [-0.2, -0.15) is 0 Å². The third-order valence-corrected chi connectivity index (χ3v) is 3.31. The molecule has 0 heterocycles. The van der Waals surface area contributed by atoms with Gasteiger partial charge in [0.1, 0.15) is 11.3 Å². The van der Waals surface area contributed by atoms with Gasteiger partial charge in [0.15, 0.2) is 6.10 Å². The largest absolute Gasteiger partial charge is 0.479 e. The lowest BCUT2D eigenvalue weighted by Crippen LogP contribution is -2.37. The fraction of sp³-hybridized carbons (Fsp3) is 0.429. The average Bonchev–Trinajstić information content (AvgIpc) is 2.45. The maximum atomic E-state index is 11.9. The highest BCUT2D eigenvalue weighted by Gasteiger charge is 2.20. The van der Waals surface area contributed by atoms with Crippen molar-refractivity contribution in [2.45, 2.75) is 19.4 Å². The molecule has 1 amide bonds. The number of hydrogen-bond acceptors (Lipinski definition) is 4. The van der Waals surface area contributed by atoms with Gasteiger partial charge in [0.25, 0.3) is 5.91 Å². The molecule has 0 aliphatic rings. The van der Waals surface area contributed by atoms with Gasteiger partial charge in [-0.25, -0.2) is 4.79 Å². The van der Waals surface area contributed by atoms with Crippen molar-refractivity contribution in [1.82, 2.24) is 5.32 Å². The summed E-state index contributed by atoms with van der Waals surface area (Å²) >= 11 is 3.23. The van der Waals surface area contributed by atoms with Gasteiger partial charge in [0, 0.05) is 20.3 Å². The molecule has 0 fully saturated rings. The van der Waals surface area contributed by atoms with Crippen molar-refractivity contribution in [1.29, 1.82) is 0 Å². The Morgan fingerprint density at radius 3 is 2.76 bits per heavy atom. The molecule has 21 heavy (non-hydrogen) atoms. The summed E-state index contributed by atoms with van der Waals surface area (Å²) in [7, 11) is 1.59. The van der Waals surface area contributed by atoms with E-state index in [4.69, 9.17) is 14.6 Å². The van der Waals surface area contributed by atoms with Crippen LogP contribution in [-0.2, 0) is 9.53 Å². The number of methoxy groups -OCH3 is 1. The maximum absolute atomic E-state index is 11.9. The van der Waals surface area contributed by atoms with Crippen LogP contribution in [0.2, 0.25) is 0 Å². The van der Waals surface area contributed by atoms with Crippen LogP contribution in [0.5, 0.6) is 5.75 Å². The van der Waals surface area contributed by atoms with Crippen molar-refractivity contribution in [2.24, 2.45) is 0 Å². The highest BCUT2D eigenvalue weighted by atomic mass is 79.9. The van der Waals surface area contributed by atoms with E-state index in [0.717, 1.165) is 0 Å². The molecule has 116 valence electrons. The van der Waals surface area contributed by atoms with Crippen molar-refractivity contribution in [3.63, 3.8) is 0 Å². The van der Waals surface area contributed by atoms with E-state index in [1.54, 1.807) is 26.2 Å². The molecule has 0 aromatic heterocycles. The Labute approximate surface area is 131 Å². The Balaban J connectivity index is 2.68. The highest BCUT2D eigenvalue weighted by molar-refractivity contribution is 9.10. The van der Waals surface area contributed by atoms with Gasteiger partial charge < -0.3 is 19.9 Å². The predicted molar refractivity (Wildman–Crippen MR) is 80.7 cm³/mol. The molecule has 6 nitrogen and oxygen atoms in total. The number of carboxylic acid groups (broad SMARTS) is 1. The van der Waals surface area contributed by atoms with Gasteiger partial charge in [0.05, 0.1) is 4.47 Å². The van der Waals surface area contributed by atoms with E-state index in [0.29, 0.717) is 24.0 Å². The van der Waals surface area contributed by atoms with E-state index in [9.17, 15) is 9.59 Å². The maximum Gasteiger partial charge on any atom is 0.339 e. The predicted octanol–water partition coefficient (Wildman–Crippen LogP) is 2.07. The molecule has 0 spiro atoms. The number of benzene rings is 1. The third kappa shape index (κ3) is 5.35. The van der Waals surface area contributed by atoms with Crippen molar-refractivity contribution in [3.8, 4) is 5.75 Å². The van der Waals surface area contributed by atoms with E-state index in [1.807, 2.05) is 0 Å². The molecule has 2 N–H and O–H groups in total. The number of para-hydroxylation sites is 1. The molecule has 0 bridgehead atoms. The zero-order valence-corrected chi connectivity index (χ0v) is 13.5. The zero-order valence-electron chi connectivity index (χ0n) is 11.9. The summed E-state index contributed by atoms with van der Waals surface area (Å²) in [6, 6.07) is 4.67. The monoisotopic (exact) mass is 359 g/mol. The number of amides is 1. The quantitative estimate of drug-likeness (QED) is 0.694. The van der Waals surface area contributed by atoms with Crippen molar-refractivity contribution < 1.29 is 24.2 Å². The van der Waals surface area contributed by atoms with Crippen LogP contribution in [0.4, 0.5) is 0 Å². The second kappa shape index (κ2) is 8.63. The fourth-order valence-corrected chi connectivity index (χ4v) is 2.06. The summed E-state index contributed by atoms with van der Waals surface area (Å²) in [6.45, 7) is 2.60. The molecule has 0 saturated carbocycles. The number of carboxylic acids is 1. The van der Waals surface area contributed by atoms with Crippen LogP contribution >= 0.6 is 15.9 Å². The number of nitrogens with one attached hydrogen (secondary N) is 1. The summed E-state index contributed by atoms with van der Waals surface area (Å²) in [6.07, 6.45) is -0.103. The molecule has 1 unspecified atom stereocenters. The first kappa shape index (κ1) is 17.5. The van der Waals surface area contributed by atoms with E-state index in [2.05, 4.69) is 21.2 Å². The Kier molecular flexibility index (Phi) is 7.18. The van der Waals surface area contributed by atoms with Crippen LogP contribution in [-0.4, -0.2) is 43.3 Å². The Morgan fingerprint density at radius 2 is 2.14 bits per heavy atom. The Bertz CT molecular complexity index is 506. The highest BCUT2D eigenvalue weighted by Crippen LogP contribution is 2.30. The summed E-state index contributed by atoms with van der Waals surface area (Å²) in [5.41, 5.74) is 0.00316. The molecule has 1 aromatic rings.